The smallest absolute Gasteiger partial charge is 0.253 e. The number of nitrogens with zero attached hydrogens (tertiary/aromatic N) is 3. The summed E-state index contributed by atoms with van der Waals surface area (Å²) in [6.45, 7) is 4.27. The van der Waals surface area contributed by atoms with E-state index < -0.39 is 0 Å². The van der Waals surface area contributed by atoms with Crippen LogP contribution in [-0.4, -0.2) is 39.9 Å². The van der Waals surface area contributed by atoms with Crippen molar-refractivity contribution in [1.29, 1.82) is 0 Å². The molecule has 2 atom stereocenters. The van der Waals surface area contributed by atoms with Crippen molar-refractivity contribution in [1.82, 2.24) is 15.0 Å². The topological polar surface area (TPSA) is 88.3 Å². The van der Waals surface area contributed by atoms with E-state index in [1.165, 1.54) is 6.92 Å². The second-order valence-electron chi connectivity index (χ2n) is 7.28. The number of nitrogens with one attached hydrogen (secondary N) is 1. The van der Waals surface area contributed by atoms with Gasteiger partial charge in [0.1, 0.15) is 0 Å². The Hall–Kier alpha value is -3.48. The van der Waals surface area contributed by atoms with Gasteiger partial charge in [-0.2, -0.15) is 4.98 Å². The Bertz CT molecular complexity index is 1030. The highest BCUT2D eigenvalue weighted by Crippen LogP contribution is 2.39. The molecule has 2 heterocycles. The van der Waals surface area contributed by atoms with Gasteiger partial charge in [-0.15, -0.1) is 0 Å². The van der Waals surface area contributed by atoms with Crippen LogP contribution in [0, 0.1) is 6.92 Å². The van der Waals surface area contributed by atoms with Crippen LogP contribution in [0.3, 0.4) is 0 Å². The number of rotatable bonds is 4. The van der Waals surface area contributed by atoms with Crippen molar-refractivity contribution >= 4 is 17.5 Å². The van der Waals surface area contributed by atoms with Crippen molar-refractivity contribution < 1.29 is 14.1 Å². The third kappa shape index (κ3) is 4.03. The lowest BCUT2D eigenvalue weighted by molar-refractivity contribution is -0.114. The molecular weight excluding hydrogens is 368 g/mol. The van der Waals surface area contributed by atoms with E-state index in [0.717, 1.165) is 5.56 Å². The zero-order valence-electron chi connectivity index (χ0n) is 16.3. The molecular formula is C22H22N4O3. The molecule has 2 amide bonds. The van der Waals surface area contributed by atoms with Gasteiger partial charge in [-0.25, -0.2) is 0 Å². The van der Waals surface area contributed by atoms with Crippen LogP contribution in [0.5, 0.6) is 0 Å². The van der Waals surface area contributed by atoms with E-state index in [2.05, 4.69) is 27.6 Å². The first-order chi connectivity index (χ1) is 14.0. The molecule has 1 N–H and O–H groups in total. The van der Waals surface area contributed by atoms with Gasteiger partial charge < -0.3 is 14.7 Å². The fraction of sp³-hybridized carbons (Fsp3) is 0.273. The van der Waals surface area contributed by atoms with Gasteiger partial charge in [-0.05, 0) is 30.7 Å². The maximum Gasteiger partial charge on any atom is 0.253 e. The summed E-state index contributed by atoms with van der Waals surface area (Å²) in [6.07, 6.45) is 0. The van der Waals surface area contributed by atoms with E-state index in [4.69, 9.17) is 4.52 Å². The molecule has 0 saturated carbocycles. The molecule has 1 fully saturated rings. The molecule has 0 aliphatic carbocycles. The summed E-state index contributed by atoms with van der Waals surface area (Å²) < 4.78 is 5.45. The lowest BCUT2D eigenvalue weighted by Crippen LogP contribution is -2.29. The summed E-state index contributed by atoms with van der Waals surface area (Å²) >= 11 is 0. The summed E-state index contributed by atoms with van der Waals surface area (Å²) in [7, 11) is 0. The van der Waals surface area contributed by atoms with Gasteiger partial charge in [-0.3, -0.25) is 9.59 Å². The second kappa shape index (κ2) is 7.87. The van der Waals surface area contributed by atoms with E-state index in [9.17, 15) is 9.59 Å². The number of hydrogen-bond donors (Lipinski definition) is 1. The number of anilines is 1. The first kappa shape index (κ1) is 18.9. The van der Waals surface area contributed by atoms with Crippen molar-refractivity contribution in [3.05, 3.63) is 77.4 Å². The van der Waals surface area contributed by atoms with Gasteiger partial charge >= 0.3 is 0 Å². The van der Waals surface area contributed by atoms with Crippen molar-refractivity contribution in [3.8, 4) is 0 Å². The Morgan fingerprint density at radius 1 is 1.07 bits per heavy atom. The van der Waals surface area contributed by atoms with Crippen LogP contribution in [0.25, 0.3) is 0 Å². The highest BCUT2D eigenvalue weighted by Gasteiger charge is 2.40. The third-order valence-corrected chi connectivity index (χ3v) is 5.13. The highest BCUT2D eigenvalue weighted by atomic mass is 16.5. The molecule has 0 spiro atoms. The molecule has 148 valence electrons. The zero-order valence-corrected chi connectivity index (χ0v) is 16.3. The van der Waals surface area contributed by atoms with Crippen LogP contribution in [0.2, 0.25) is 0 Å². The molecule has 29 heavy (non-hydrogen) atoms. The molecule has 2 aromatic carbocycles. The molecule has 7 nitrogen and oxygen atoms in total. The van der Waals surface area contributed by atoms with Gasteiger partial charge in [0.05, 0.1) is 5.92 Å². The van der Waals surface area contributed by atoms with Crippen molar-refractivity contribution in [2.45, 2.75) is 25.7 Å². The van der Waals surface area contributed by atoms with E-state index >= 15 is 0 Å². The fourth-order valence-electron chi connectivity index (χ4n) is 3.84. The predicted molar refractivity (Wildman–Crippen MR) is 108 cm³/mol. The Balaban J connectivity index is 1.62. The molecule has 1 aromatic heterocycles. The minimum atomic E-state index is -0.174. The molecule has 0 unspecified atom stereocenters. The standard InChI is InChI=1S/C22H22N4O3/c1-14-23-21(29-25-14)20-13-26(12-19(20)16-7-4-3-5-8-16)22(28)17-9-6-10-18(11-17)24-15(2)27/h3-11,19-20H,12-13H2,1-2H3,(H,24,27)/t19-,20+/m1/s1. The first-order valence-corrected chi connectivity index (χ1v) is 9.53. The van der Waals surface area contributed by atoms with Gasteiger partial charge in [0, 0.05) is 37.2 Å². The Labute approximate surface area is 168 Å². The summed E-state index contributed by atoms with van der Waals surface area (Å²) in [4.78, 5) is 30.7. The van der Waals surface area contributed by atoms with E-state index in [0.29, 0.717) is 36.1 Å². The Morgan fingerprint density at radius 3 is 2.52 bits per heavy atom. The van der Waals surface area contributed by atoms with Crippen molar-refractivity contribution in [2.75, 3.05) is 18.4 Å². The maximum absolute atomic E-state index is 13.2. The Morgan fingerprint density at radius 2 is 1.83 bits per heavy atom. The summed E-state index contributed by atoms with van der Waals surface area (Å²) in [5.41, 5.74) is 2.27. The average Bonchev–Trinajstić information content (AvgIpc) is 3.34. The maximum atomic E-state index is 13.2. The van der Waals surface area contributed by atoms with Crippen LogP contribution in [0.4, 0.5) is 5.69 Å². The quantitative estimate of drug-likeness (QED) is 0.738. The number of aryl methyl sites for hydroxylation is 1. The minimum absolute atomic E-state index is 0.0681. The molecule has 0 bridgehead atoms. The molecule has 1 saturated heterocycles. The molecule has 1 aliphatic rings. The zero-order chi connectivity index (χ0) is 20.4. The summed E-state index contributed by atoms with van der Waals surface area (Å²) in [5.74, 6) is 0.876. The molecule has 0 radical (unpaired) electrons. The normalized spacial score (nSPS) is 18.6. The van der Waals surface area contributed by atoms with Gasteiger partial charge in [0.25, 0.3) is 5.91 Å². The molecule has 1 aliphatic heterocycles. The first-order valence-electron chi connectivity index (χ1n) is 9.53. The molecule has 3 aromatic rings. The number of hydrogen-bond acceptors (Lipinski definition) is 5. The third-order valence-electron chi connectivity index (χ3n) is 5.13. The van der Waals surface area contributed by atoms with Crippen LogP contribution in [0.1, 0.15) is 46.4 Å². The van der Waals surface area contributed by atoms with Crippen LogP contribution >= 0.6 is 0 Å². The van der Waals surface area contributed by atoms with Gasteiger partial charge in [-0.1, -0.05) is 41.6 Å². The lowest BCUT2D eigenvalue weighted by atomic mass is 9.89. The number of amides is 2. The number of likely N-dealkylation sites (tertiary alicyclic amines) is 1. The second-order valence-corrected chi connectivity index (χ2v) is 7.28. The summed E-state index contributed by atoms with van der Waals surface area (Å²) in [6, 6.07) is 17.1. The van der Waals surface area contributed by atoms with E-state index in [1.807, 2.05) is 23.1 Å². The summed E-state index contributed by atoms with van der Waals surface area (Å²) in [5, 5.41) is 6.65. The molecule has 4 rings (SSSR count). The predicted octanol–water partition coefficient (Wildman–Crippen LogP) is 3.36. The van der Waals surface area contributed by atoms with Gasteiger partial charge in [0.2, 0.25) is 11.8 Å². The number of carbonyl (C=O) groups excluding carboxylic acids is 2. The average molecular weight is 390 g/mol. The Kier molecular flexibility index (Phi) is 5.12. The lowest BCUT2D eigenvalue weighted by Gasteiger charge is -2.17. The highest BCUT2D eigenvalue weighted by molar-refractivity contribution is 5.97. The van der Waals surface area contributed by atoms with Crippen molar-refractivity contribution in [2.24, 2.45) is 0 Å². The SMILES string of the molecule is CC(=O)Nc1cccc(C(=O)N2C[C@H](c3ccccc3)[C@@H](c3nc(C)no3)C2)c1. The largest absolute Gasteiger partial charge is 0.339 e. The van der Waals surface area contributed by atoms with E-state index in [-0.39, 0.29) is 23.7 Å². The van der Waals surface area contributed by atoms with E-state index in [1.54, 1.807) is 31.2 Å². The van der Waals surface area contributed by atoms with Crippen LogP contribution in [0.15, 0.2) is 59.1 Å². The van der Waals surface area contributed by atoms with Crippen LogP contribution in [-0.2, 0) is 4.79 Å². The van der Waals surface area contributed by atoms with Crippen molar-refractivity contribution in [3.63, 3.8) is 0 Å². The number of carbonyl (C=O) groups is 2. The van der Waals surface area contributed by atoms with Crippen LogP contribution < -0.4 is 5.32 Å². The monoisotopic (exact) mass is 390 g/mol. The number of aromatic nitrogens is 2. The number of benzene rings is 2. The fourth-order valence-corrected chi connectivity index (χ4v) is 3.84. The van der Waals surface area contributed by atoms with Gasteiger partial charge in [0.15, 0.2) is 5.82 Å². The molecule has 7 heteroatoms. The minimum Gasteiger partial charge on any atom is -0.339 e.